The Labute approximate surface area is 198 Å². The molecule has 0 saturated heterocycles. The van der Waals surface area contributed by atoms with Gasteiger partial charge in [-0.25, -0.2) is 14.8 Å². The van der Waals surface area contributed by atoms with Crippen molar-refractivity contribution >= 4 is 62.0 Å². The van der Waals surface area contributed by atoms with Gasteiger partial charge in [-0.3, -0.25) is 4.79 Å². The zero-order chi connectivity index (χ0) is 22.9. The number of aryl methyl sites for hydroxylation is 1. The van der Waals surface area contributed by atoms with Crippen molar-refractivity contribution in [3.05, 3.63) is 46.6 Å². The first-order valence-electron chi connectivity index (χ1n) is 11.0. The summed E-state index contributed by atoms with van der Waals surface area (Å²) in [6, 6.07) is 7.68. The number of para-hydroxylation sites is 1. The Morgan fingerprint density at radius 3 is 2.91 bits per heavy atom. The van der Waals surface area contributed by atoms with Crippen LogP contribution < -0.4 is 5.32 Å². The number of thioether (sulfide) groups is 1. The van der Waals surface area contributed by atoms with Crippen LogP contribution in [0.25, 0.3) is 22.1 Å². The highest BCUT2D eigenvalue weighted by Gasteiger charge is 2.28. The minimum atomic E-state index is -0.467. The number of carbonyl (C=O) groups excluding carboxylic acids is 2. The van der Waals surface area contributed by atoms with E-state index in [1.54, 1.807) is 6.92 Å². The first-order valence-corrected chi connectivity index (χ1v) is 12.7. The maximum absolute atomic E-state index is 13.1. The monoisotopic (exact) mass is 481 g/mol. The molecule has 0 unspecified atom stereocenters. The number of benzene rings is 1. The second kappa shape index (κ2) is 9.15. The molecule has 0 bridgehead atoms. The van der Waals surface area contributed by atoms with E-state index in [1.165, 1.54) is 34.3 Å². The lowest BCUT2D eigenvalue weighted by molar-refractivity contribution is -0.115. The molecule has 0 radical (unpaired) electrons. The van der Waals surface area contributed by atoms with Crippen LogP contribution in [0.4, 0.5) is 5.00 Å². The van der Waals surface area contributed by atoms with E-state index >= 15 is 0 Å². The minimum Gasteiger partial charge on any atom is -0.462 e. The summed E-state index contributed by atoms with van der Waals surface area (Å²) in [7, 11) is 0. The lowest BCUT2D eigenvalue weighted by Gasteiger charge is -2.13. The molecule has 7 nitrogen and oxygen atoms in total. The summed E-state index contributed by atoms with van der Waals surface area (Å²) in [5.74, 6) is -0.570. The average Bonchev–Trinajstić information content (AvgIpc) is 3.38. The number of rotatable bonds is 6. The second-order valence-electron chi connectivity index (χ2n) is 7.84. The first kappa shape index (κ1) is 21.9. The molecule has 1 aliphatic carbocycles. The number of fused-ring (bicyclic) bond motifs is 4. The Morgan fingerprint density at radius 2 is 2.06 bits per heavy atom. The van der Waals surface area contributed by atoms with Gasteiger partial charge in [-0.05, 0) is 57.2 Å². The van der Waals surface area contributed by atoms with Crippen LogP contribution >= 0.6 is 23.1 Å². The van der Waals surface area contributed by atoms with E-state index in [0.29, 0.717) is 27.8 Å². The van der Waals surface area contributed by atoms with Gasteiger partial charge in [0.15, 0.2) is 5.58 Å². The topological polar surface area (TPSA) is 94.3 Å². The number of esters is 1. The van der Waals surface area contributed by atoms with E-state index in [1.807, 2.05) is 31.2 Å². The summed E-state index contributed by atoms with van der Waals surface area (Å²) in [5, 5.41) is 4.62. The predicted octanol–water partition coefficient (Wildman–Crippen LogP) is 5.61. The fourth-order valence-electron chi connectivity index (χ4n) is 4.09. The van der Waals surface area contributed by atoms with E-state index in [2.05, 4.69) is 15.3 Å². The molecule has 4 aromatic rings. The van der Waals surface area contributed by atoms with Crippen LogP contribution in [0, 0.1) is 0 Å². The summed E-state index contributed by atoms with van der Waals surface area (Å²) < 4.78 is 11.3. The molecule has 1 atom stereocenters. The van der Waals surface area contributed by atoms with Crippen LogP contribution in [0.5, 0.6) is 0 Å². The summed E-state index contributed by atoms with van der Waals surface area (Å²) in [6.45, 7) is 3.90. The van der Waals surface area contributed by atoms with Crippen molar-refractivity contribution in [3.8, 4) is 0 Å². The summed E-state index contributed by atoms with van der Waals surface area (Å²) in [4.78, 5) is 35.7. The zero-order valence-corrected chi connectivity index (χ0v) is 20.0. The van der Waals surface area contributed by atoms with E-state index in [4.69, 9.17) is 9.15 Å². The highest BCUT2D eigenvalue weighted by Crippen LogP contribution is 2.39. The fourth-order valence-corrected chi connectivity index (χ4v) is 6.23. The Balaban J connectivity index is 1.40. The van der Waals surface area contributed by atoms with Gasteiger partial charge in [-0.2, -0.15) is 0 Å². The molecule has 0 fully saturated rings. The normalized spacial score (nSPS) is 14.2. The Hall–Kier alpha value is -2.91. The highest BCUT2D eigenvalue weighted by molar-refractivity contribution is 8.00. The third-order valence-electron chi connectivity index (χ3n) is 5.67. The number of thiophene rings is 1. The second-order valence-corrected chi connectivity index (χ2v) is 10.3. The summed E-state index contributed by atoms with van der Waals surface area (Å²) in [5.41, 5.74) is 3.58. The molecule has 1 aliphatic rings. The Morgan fingerprint density at radius 1 is 1.24 bits per heavy atom. The minimum absolute atomic E-state index is 0.202. The third kappa shape index (κ3) is 4.11. The molecule has 170 valence electrons. The van der Waals surface area contributed by atoms with Gasteiger partial charge in [0, 0.05) is 10.3 Å². The van der Waals surface area contributed by atoms with Crippen molar-refractivity contribution in [2.75, 3.05) is 11.9 Å². The quantitative estimate of drug-likeness (QED) is 0.217. The zero-order valence-electron chi connectivity index (χ0n) is 18.3. The molecule has 5 rings (SSSR count). The number of amides is 1. The predicted molar refractivity (Wildman–Crippen MR) is 130 cm³/mol. The number of anilines is 1. The number of ether oxygens (including phenoxy) is 1. The molecule has 0 aliphatic heterocycles. The third-order valence-corrected chi connectivity index (χ3v) is 7.96. The van der Waals surface area contributed by atoms with Gasteiger partial charge < -0.3 is 14.5 Å². The summed E-state index contributed by atoms with van der Waals surface area (Å²) in [6.07, 6.45) is 5.39. The smallest absolute Gasteiger partial charge is 0.341 e. The number of hydrogen-bond donors (Lipinski definition) is 1. The molecule has 0 saturated carbocycles. The van der Waals surface area contributed by atoms with Crippen molar-refractivity contribution < 1.29 is 18.7 Å². The number of nitrogens with one attached hydrogen (secondary N) is 1. The molecule has 1 N–H and O–H groups in total. The molecule has 0 spiro atoms. The SMILES string of the molecule is CCOC(=O)c1c(NC(=O)[C@@H](C)Sc2ncnc3c2oc2ccccc23)sc2c1CCCC2. The molecule has 33 heavy (non-hydrogen) atoms. The van der Waals surface area contributed by atoms with Gasteiger partial charge in [-0.15, -0.1) is 11.3 Å². The Kier molecular flexibility index (Phi) is 6.07. The molecule has 9 heteroatoms. The summed E-state index contributed by atoms with van der Waals surface area (Å²) >= 11 is 2.79. The highest BCUT2D eigenvalue weighted by atomic mass is 32.2. The largest absolute Gasteiger partial charge is 0.462 e. The lowest BCUT2D eigenvalue weighted by Crippen LogP contribution is -2.23. The van der Waals surface area contributed by atoms with Crippen LogP contribution in [0.2, 0.25) is 0 Å². The van der Waals surface area contributed by atoms with Crippen LogP contribution in [0.3, 0.4) is 0 Å². The van der Waals surface area contributed by atoms with E-state index in [9.17, 15) is 9.59 Å². The average molecular weight is 482 g/mol. The molecule has 1 aromatic carbocycles. The molecule has 3 aromatic heterocycles. The van der Waals surface area contributed by atoms with Crippen LogP contribution in [-0.4, -0.2) is 33.7 Å². The van der Waals surface area contributed by atoms with Gasteiger partial charge >= 0.3 is 5.97 Å². The number of nitrogens with zero attached hydrogens (tertiary/aromatic N) is 2. The van der Waals surface area contributed by atoms with Crippen molar-refractivity contribution in [1.29, 1.82) is 0 Å². The number of hydrogen-bond acceptors (Lipinski definition) is 8. The van der Waals surface area contributed by atoms with Crippen molar-refractivity contribution in [2.45, 2.75) is 49.8 Å². The Bertz CT molecular complexity index is 1360. The molecule has 1 amide bonds. The van der Waals surface area contributed by atoms with E-state index < -0.39 is 5.25 Å². The van der Waals surface area contributed by atoms with Crippen LogP contribution in [-0.2, 0) is 22.4 Å². The number of furan rings is 1. The van der Waals surface area contributed by atoms with Gasteiger partial charge in [0.05, 0.1) is 17.4 Å². The number of aromatic nitrogens is 2. The van der Waals surface area contributed by atoms with Gasteiger partial charge in [0.2, 0.25) is 5.91 Å². The van der Waals surface area contributed by atoms with Crippen LogP contribution in [0.1, 0.15) is 47.5 Å². The van der Waals surface area contributed by atoms with Crippen molar-refractivity contribution in [1.82, 2.24) is 9.97 Å². The van der Waals surface area contributed by atoms with E-state index in [0.717, 1.165) is 47.7 Å². The lowest BCUT2D eigenvalue weighted by atomic mass is 9.95. The van der Waals surface area contributed by atoms with Gasteiger partial charge in [-0.1, -0.05) is 23.9 Å². The molecular weight excluding hydrogens is 458 g/mol. The van der Waals surface area contributed by atoms with Crippen molar-refractivity contribution in [2.24, 2.45) is 0 Å². The molecular formula is C24H23N3O4S2. The van der Waals surface area contributed by atoms with Crippen LogP contribution in [0.15, 0.2) is 40.0 Å². The van der Waals surface area contributed by atoms with Crippen molar-refractivity contribution in [3.63, 3.8) is 0 Å². The van der Waals surface area contributed by atoms with E-state index in [-0.39, 0.29) is 11.9 Å². The van der Waals surface area contributed by atoms with Gasteiger partial charge in [0.1, 0.15) is 27.5 Å². The fraction of sp³-hybridized carbons (Fsp3) is 0.333. The van der Waals surface area contributed by atoms with Gasteiger partial charge in [0.25, 0.3) is 0 Å². The first-order chi connectivity index (χ1) is 16.1. The maximum Gasteiger partial charge on any atom is 0.341 e. The molecule has 3 heterocycles. The number of carbonyl (C=O) groups is 2. The standard InChI is InChI=1S/C24H23N3O4S2/c1-3-30-24(29)18-15-9-5-7-11-17(15)33-22(18)27-21(28)13(2)32-23-20-19(25-12-26-23)14-8-4-6-10-16(14)31-20/h4,6,8,10,12-13H,3,5,7,9,11H2,1-2H3,(H,27,28)/t13-/m1/s1. The maximum atomic E-state index is 13.1.